The summed E-state index contributed by atoms with van der Waals surface area (Å²) in [5, 5.41) is -0.0181. The maximum atomic E-state index is 14.0. The lowest BCUT2D eigenvalue weighted by Gasteiger charge is -2.25. The fourth-order valence-electron chi connectivity index (χ4n) is 1.98. The van der Waals surface area contributed by atoms with E-state index in [0.29, 0.717) is 12.0 Å². The second kappa shape index (κ2) is 6.87. The molecular weight excluding hydrogens is 296 g/mol. The molecule has 0 saturated heterocycles. The van der Waals surface area contributed by atoms with Gasteiger partial charge in [-0.25, -0.2) is 8.78 Å². The molecule has 2 unspecified atom stereocenters. The smallest absolute Gasteiger partial charge is 0.183 e. The van der Waals surface area contributed by atoms with E-state index in [1.165, 1.54) is 24.3 Å². The second-order valence-corrected chi connectivity index (χ2v) is 5.12. The lowest BCUT2D eigenvalue weighted by atomic mass is 10.0. The molecule has 2 aromatic rings. The van der Waals surface area contributed by atoms with Gasteiger partial charge in [-0.05, 0) is 36.2 Å². The van der Waals surface area contributed by atoms with Crippen LogP contribution in [0.4, 0.5) is 8.78 Å². The summed E-state index contributed by atoms with van der Waals surface area (Å²) in [5.41, 5.74) is 6.73. The molecule has 2 aromatic carbocycles. The van der Waals surface area contributed by atoms with E-state index >= 15 is 0 Å². The van der Waals surface area contributed by atoms with Gasteiger partial charge in [0.25, 0.3) is 0 Å². The van der Waals surface area contributed by atoms with E-state index in [1.807, 2.05) is 6.92 Å². The van der Waals surface area contributed by atoms with Crippen LogP contribution in [0.3, 0.4) is 0 Å². The van der Waals surface area contributed by atoms with Gasteiger partial charge in [0, 0.05) is 6.04 Å². The minimum Gasteiger partial charge on any atom is -0.481 e. The number of ether oxygens (including phenoxy) is 1. The van der Waals surface area contributed by atoms with Crippen LogP contribution >= 0.6 is 11.6 Å². The molecule has 0 aliphatic carbocycles. The third-order valence-electron chi connectivity index (χ3n) is 3.23. The zero-order chi connectivity index (χ0) is 15.4. The molecule has 112 valence electrons. The third kappa shape index (κ3) is 3.71. The second-order valence-electron chi connectivity index (χ2n) is 4.71. The van der Waals surface area contributed by atoms with Crippen molar-refractivity contribution in [3.8, 4) is 5.75 Å². The Bertz CT molecular complexity index is 604. The van der Waals surface area contributed by atoms with E-state index in [-0.39, 0.29) is 22.6 Å². The molecule has 0 heterocycles. The van der Waals surface area contributed by atoms with E-state index < -0.39 is 11.9 Å². The first-order chi connectivity index (χ1) is 10.0. The molecule has 0 spiro atoms. The predicted octanol–water partition coefficient (Wildman–Crippen LogP) is 4.48. The minimum atomic E-state index is -0.630. The minimum absolute atomic E-state index is 0.0181. The predicted molar refractivity (Wildman–Crippen MR) is 79.4 cm³/mol. The van der Waals surface area contributed by atoms with Crippen LogP contribution in [0.2, 0.25) is 5.02 Å². The molecule has 0 amide bonds. The van der Waals surface area contributed by atoms with Crippen LogP contribution in [-0.4, -0.2) is 6.04 Å². The van der Waals surface area contributed by atoms with E-state index in [9.17, 15) is 8.78 Å². The molecule has 0 fully saturated rings. The van der Waals surface area contributed by atoms with Gasteiger partial charge in [0.1, 0.15) is 11.9 Å². The fraction of sp³-hybridized carbons (Fsp3) is 0.250. The molecule has 2 nitrogen and oxygen atoms in total. The summed E-state index contributed by atoms with van der Waals surface area (Å²) >= 11 is 5.74. The Morgan fingerprint density at radius 2 is 1.81 bits per heavy atom. The lowest BCUT2D eigenvalue weighted by molar-refractivity contribution is 0.163. The number of hydrogen-bond acceptors (Lipinski definition) is 2. The van der Waals surface area contributed by atoms with Gasteiger partial charge in [-0.15, -0.1) is 0 Å². The Morgan fingerprint density at radius 1 is 1.14 bits per heavy atom. The Balaban J connectivity index is 2.33. The molecule has 2 N–H and O–H groups in total. The van der Waals surface area contributed by atoms with Crippen LogP contribution in [0.5, 0.6) is 5.75 Å². The SMILES string of the molecule is CCC(N)C(Oc1cccc(Cl)c1F)c1ccc(F)cc1. The molecule has 0 aliphatic heterocycles. The van der Waals surface area contributed by atoms with Gasteiger partial charge in [-0.2, -0.15) is 0 Å². The highest BCUT2D eigenvalue weighted by molar-refractivity contribution is 6.30. The van der Waals surface area contributed by atoms with Gasteiger partial charge in [-0.1, -0.05) is 36.7 Å². The summed E-state index contributed by atoms with van der Waals surface area (Å²) < 4.78 is 32.7. The van der Waals surface area contributed by atoms with Crippen LogP contribution in [-0.2, 0) is 0 Å². The van der Waals surface area contributed by atoms with Crippen molar-refractivity contribution in [3.63, 3.8) is 0 Å². The van der Waals surface area contributed by atoms with E-state index in [4.69, 9.17) is 22.1 Å². The fourth-order valence-corrected chi connectivity index (χ4v) is 2.15. The van der Waals surface area contributed by atoms with Crippen molar-refractivity contribution in [2.24, 2.45) is 5.73 Å². The maximum absolute atomic E-state index is 14.0. The van der Waals surface area contributed by atoms with Gasteiger partial charge < -0.3 is 10.5 Å². The van der Waals surface area contributed by atoms with E-state index in [2.05, 4.69) is 0 Å². The molecular formula is C16H16ClF2NO. The highest BCUT2D eigenvalue weighted by Gasteiger charge is 2.22. The van der Waals surface area contributed by atoms with E-state index in [0.717, 1.165) is 0 Å². The van der Waals surface area contributed by atoms with Crippen LogP contribution in [0.1, 0.15) is 25.0 Å². The highest BCUT2D eigenvalue weighted by Crippen LogP contribution is 2.30. The van der Waals surface area contributed by atoms with Crippen molar-refractivity contribution in [3.05, 3.63) is 64.7 Å². The molecule has 5 heteroatoms. The Labute approximate surface area is 127 Å². The average molecular weight is 312 g/mol. The van der Waals surface area contributed by atoms with Gasteiger partial charge in [0.05, 0.1) is 5.02 Å². The Kier molecular flexibility index (Phi) is 5.15. The topological polar surface area (TPSA) is 35.2 Å². The summed E-state index contributed by atoms with van der Waals surface area (Å²) in [4.78, 5) is 0. The molecule has 0 aliphatic rings. The van der Waals surface area contributed by atoms with Crippen molar-refractivity contribution in [2.45, 2.75) is 25.5 Å². The van der Waals surface area contributed by atoms with Crippen LogP contribution < -0.4 is 10.5 Å². The van der Waals surface area contributed by atoms with Crippen molar-refractivity contribution < 1.29 is 13.5 Å². The van der Waals surface area contributed by atoms with Crippen LogP contribution in [0.15, 0.2) is 42.5 Å². The van der Waals surface area contributed by atoms with Gasteiger partial charge in [0.2, 0.25) is 0 Å². The summed E-state index contributed by atoms with van der Waals surface area (Å²) in [5.74, 6) is -0.952. The molecule has 0 aromatic heterocycles. The standard InChI is InChI=1S/C16H16ClF2NO/c1-2-13(20)16(10-6-8-11(18)9-7-10)21-14-5-3-4-12(17)15(14)19/h3-9,13,16H,2,20H2,1H3. The summed E-state index contributed by atoms with van der Waals surface area (Å²) in [6.45, 7) is 1.90. The third-order valence-corrected chi connectivity index (χ3v) is 3.52. The first kappa shape index (κ1) is 15.7. The first-order valence-corrected chi connectivity index (χ1v) is 7.02. The maximum Gasteiger partial charge on any atom is 0.183 e. The molecule has 2 rings (SSSR count). The monoisotopic (exact) mass is 311 g/mol. The molecule has 21 heavy (non-hydrogen) atoms. The van der Waals surface area contributed by atoms with E-state index in [1.54, 1.807) is 18.2 Å². The number of nitrogens with two attached hydrogens (primary N) is 1. The van der Waals surface area contributed by atoms with Gasteiger partial charge in [0.15, 0.2) is 11.6 Å². The summed E-state index contributed by atoms with van der Waals surface area (Å²) in [6.07, 6.45) is 0.0492. The number of halogens is 3. The largest absolute Gasteiger partial charge is 0.481 e. The zero-order valence-corrected chi connectivity index (χ0v) is 12.3. The van der Waals surface area contributed by atoms with Gasteiger partial charge >= 0.3 is 0 Å². The van der Waals surface area contributed by atoms with Crippen LogP contribution in [0, 0.1) is 11.6 Å². The summed E-state index contributed by atoms with van der Waals surface area (Å²) in [7, 11) is 0. The lowest BCUT2D eigenvalue weighted by Crippen LogP contribution is -2.31. The highest BCUT2D eigenvalue weighted by atomic mass is 35.5. The molecule has 0 saturated carbocycles. The van der Waals surface area contributed by atoms with Crippen molar-refractivity contribution >= 4 is 11.6 Å². The normalized spacial score (nSPS) is 13.8. The average Bonchev–Trinajstić information content (AvgIpc) is 2.49. The molecule has 2 atom stereocenters. The molecule has 0 radical (unpaired) electrons. The first-order valence-electron chi connectivity index (χ1n) is 6.64. The van der Waals surface area contributed by atoms with Crippen molar-refractivity contribution in [1.29, 1.82) is 0 Å². The summed E-state index contributed by atoms with van der Waals surface area (Å²) in [6, 6.07) is 9.98. The number of benzene rings is 2. The van der Waals surface area contributed by atoms with Crippen LogP contribution in [0.25, 0.3) is 0 Å². The zero-order valence-electron chi connectivity index (χ0n) is 11.5. The quantitative estimate of drug-likeness (QED) is 0.884. The molecule has 0 bridgehead atoms. The van der Waals surface area contributed by atoms with Gasteiger partial charge in [-0.3, -0.25) is 0 Å². The number of hydrogen-bond donors (Lipinski definition) is 1. The Morgan fingerprint density at radius 3 is 2.43 bits per heavy atom. The number of rotatable bonds is 5. The van der Waals surface area contributed by atoms with Crippen molar-refractivity contribution in [1.82, 2.24) is 0 Å². The Hall–Kier alpha value is -1.65. The van der Waals surface area contributed by atoms with Crippen molar-refractivity contribution in [2.75, 3.05) is 0 Å².